The Balaban J connectivity index is 1.94. The van der Waals surface area contributed by atoms with Gasteiger partial charge < -0.3 is 14.2 Å². The zero-order valence-corrected chi connectivity index (χ0v) is 10.2. The highest BCUT2D eigenvalue weighted by Gasteiger charge is 2.23. The van der Waals surface area contributed by atoms with Crippen molar-refractivity contribution >= 4 is 11.5 Å². The Hall–Kier alpha value is -1.97. The lowest BCUT2D eigenvalue weighted by Gasteiger charge is -2.03. The van der Waals surface area contributed by atoms with E-state index in [1.54, 1.807) is 13.0 Å². The second-order valence-electron chi connectivity index (χ2n) is 4.28. The second kappa shape index (κ2) is 4.37. The molecule has 0 atom stereocenters. The first-order valence-corrected chi connectivity index (χ1v) is 6.08. The maximum absolute atomic E-state index is 11.5. The number of allylic oxidation sites excluding steroid dienone is 1. The van der Waals surface area contributed by atoms with Crippen molar-refractivity contribution in [3.05, 3.63) is 29.3 Å². The number of benzene rings is 1. The molecule has 94 valence electrons. The highest BCUT2D eigenvalue weighted by Crippen LogP contribution is 2.41. The van der Waals surface area contributed by atoms with Gasteiger partial charge in [-0.3, -0.25) is 0 Å². The fraction of sp³-hybridized carbons (Fsp3) is 0.357. The van der Waals surface area contributed by atoms with Crippen molar-refractivity contribution < 1.29 is 19.0 Å². The molecule has 0 fully saturated rings. The molecule has 0 spiro atoms. The van der Waals surface area contributed by atoms with Crippen molar-refractivity contribution in [2.45, 2.75) is 19.8 Å². The average molecular weight is 246 g/mol. The van der Waals surface area contributed by atoms with Crippen molar-refractivity contribution in [1.82, 2.24) is 0 Å². The lowest BCUT2D eigenvalue weighted by atomic mass is 10.1. The standard InChI is InChI=1S/C14H14O4/c1-2-16-14(15)6-10-4-3-9-5-12-13(7-11(9)10)18-8-17-12/h5-7H,2-4,8H2,1H3/b10-6+. The molecule has 1 aromatic carbocycles. The van der Waals surface area contributed by atoms with Gasteiger partial charge in [-0.1, -0.05) is 0 Å². The van der Waals surface area contributed by atoms with Crippen molar-refractivity contribution in [2.75, 3.05) is 13.4 Å². The first-order valence-electron chi connectivity index (χ1n) is 6.08. The minimum Gasteiger partial charge on any atom is -0.463 e. The summed E-state index contributed by atoms with van der Waals surface area (Å²) < 4.78 is 15.6. The van der Waals surface area contributed by atoms with Crippen molar-refractivity contribution in [3.8, 4) is 11.5 Å². The number of fused-ring (bicyclic) bond motifs is 2. The molecule has 4 nitrogen and oxygen atoms in total. The summed E-state index contributed by atoms with van der Waals surface area (Å²) in [5, 5.41) is 0. The fourth-order valence-electron chi connectivity index (χ4n) is 2.37. The van der Waals surface area contributed by atoms with Crippen molar-refractivity contribution in [1.29, 1.82) is 0 Å². The molecule has 0 bridgehead atoms. The van der Waals surface area contributed by atoms with E-state index in [0.717, 1.165) is 35.5 Å². The van der Waals surface area contributed by atoms with Crippen LogP contribution in [0.4, 0.5) is 0 Å². The largest absolute Gasteiger partial charge is 0.463 e. The van der Waals surface area contributed by atoms with Gasteiger partial charge >= 0.3 is 5.97 Å². The molecule has 0 saturated carbocycles. The van der Waals surface area contributed by atoms with E-state index in [9.17, 15) is 4.79 Å². The first kappa shape index (κ1) is 11.1. The monoisotopic (exact) mass is 246 g/mol. The topological polar surface area (TPSA) is 44.8 Å². The van der Waals surface area contributed by atoms with Gasteiger partial charge in [-0.2, -0.15) is 0 Å². The van der Waals surface area contributed by atoms with E-state index in [1.165, 1.54) is 5.56 Å². The number of hydrogen-bond donors (Lipinski definition) is 0. The summed E-state index contributed by atoms with van der Waals surface area (Å²) in [7, 11) is 0. The van der Waals surface area contributed by atoms with E-state index in [4.69, 9.17) is 14.2 Å². The second-order valence-corrected chi connectivity index (χ2v) is 4.28. The Morgan fingerprint density at radius 2 is 2.11 bits per heavy atom. The summed E-state index contributed by atoms with van der Waals surface area (Å²) in [6, 6.07) is 3.96. The van der Waals surface area contributed by atoms with Crippen LogP contribution in [0.2, 0.25) is 0 Å². The molecular formula is C14H14O4. The van der Waals surface area contributed by atoms with Gasteiger partial charge in [-0.25, -0.2) is 4.79 Å². The summed E-state index contributed by atoms with van der Waals surface area (Å²) in [6.45, 7) is 2.48. The van der Waals surface area contributed by atoms with Crippen molar-refractivity contribution in [3.63, 3.8) is 0 Å². The lowest BCUT2D eigenvalue weighted by molar-refractivity contribution is -0.137. The van der Waals surface area contributed by atoms with Crippen LogP contribution in [0.5, 0.6) is 11.5 Å². The minimum atomic E-state index is -0.280. The number of esters is 1. The molecule has 0 saturated heterocycles. The summed E-state index contributed by atoms with van der Waals surface area (Å²) in [4.78, 5) is 11.5. The molecule has 0 amide bonds. The third kappa shape index (κ3) is 1.83. The molecule has 2 aliphatic rings. The maximum atomic E-state index is 11.5. The molecule has 1 aromatic rings. The van der Waals surface area contributed by atoms with E-state index in [1.807, 2.05) is 12.1 Å². The van der Waals surface area contributed by atoms with Crippen LogP contribution in [-0.2, 0) is 16.0 Å². The van der Waals surface area contributed by atoms with Crippen LogP contribution >= 0.6 is 0 Å². The van der Waals surface area contributed by atoms with Gasteiger partial charge in [0, 0.05) is 6.08 Å². The summed E-state index contributed by atoms with van der Waals surface area (Å²) in [5.74, 6) is 1.27. The van der Waals surface area contributed by atoms with Crippen LogP contribution in [0.3, 0.4) is 0 Å². The zero-order chi connectivity index (χ0) is 12.5. The molecule has 18 heavy (non-hydrogen) atoms. The molecule has 4 heteroatoms. The van der Waals surface area contributed by atoms with Crippen LogP contribution in [0, 0.1) is 0 Å². The molecule has 3 rings (SSSR count). The van der Waals surface area contributed by atoms with Crippen LogP contribution in [0.1, 0.15) is 24.5 Å². The molecule has 1 aliphatic heterocycles. The minimum absolute atomic E-state index is 0.273. The van der Waals surface area contributed by atoms with Crippen LogP contribution in [0.15, 0.2) is 18.2 Å². The molecule has 0 radical (unpaired) electrons. The van der Waals surface area contributed by atoms with Gasteiger partial charge in [0.15, 0.2) is 11.5 Å². The molecule has 1 heterocycles. The van der Waals surface area contributed by atoms with Gasteiger partial charge in [0.25, 0.3) is 0 Å². The van der Waals surface area contributed by atoms with E-state index in [0.29, 0.717) is 6.61 Å². The number of aryl methyl sites for hydroxylation is 1. The van der Waals surface area contributed by atoms with E-state index in [-0.39, 0.29) is 12.8 Å². The van der Waals surface area contributed by atoms with E-state index in [2.05, 4.69) is 0 Å². The highest BCUT2D eigenvalue weighted by atomic mass is 16.7. The Morgan fingerprint density at radius 3 is 2.89 bits per heavy atom. The van der Waals surface area contributed by atoms with Gasteiger partial charge in [0.2, 0.25) is 6.79 Å². The third-order valence-electron chi connectivity index (χ3n) is 3.19. The Labute approximate surface area is 105 Å². The van der Waals surface area contributed by atoms with Crippen LogP contribution < -0.4 is 9.47 Å². The van der Waals surface area contributed by atoms with Crippen molar-refractivity contribution in [2.24, 2.45) is 0 Å². The van der Waals surface area contributed by atoms with Crippen LogP contribution in [0.25, 0.3) is 5.57 Å². The average Bonchev–Trinajstić information content (AvgIpc) is 2.94. The number of hydrogen-bond acceptors (Lipinski definition) is 4. The van der Waals surface area contributed by atoms with E-state index >= 15 is 0 Å². The quantitative estimate of drug-likeness (QED) is 0.593. The third-order valence-corrected chi connectivity index (χ3v) is 3.19. The number of carbonyl (C=O) groups is 1. The Bertz CT molecular complexity index is 531. The first-order chi connectivity index (χ1) is 8.78. The SMILES string of the molecule is CCOC(=O)/C=C1\CCc2cc3c(cc21)OCO3. The maximum Gasteiger partial charge on any atom is 0.331 e. The smallest absolute Gasteiger partial charge is 0.331 e. The number of rotatable bonds is 2. The Kier molecular flexibility index (Phi) is 2.70. The highest BCUT2D eigenvalue weighted by molar-refractivity contribution is 5.93. The zero-order valence-electron chi connectivity index (χ0n) is 10.2. The number of ether oxygens (including phenoxy) is 3. The molecule has 0 N–H and O–H groups in total. The molecular weight excluding hydrogens is 232 g/mol. The molecule has 1 aliphatic carbocycles. The normalized spacial score (nSPS) is 17.9. The molecule has 0 aromatic heterocycles. The number of carbonyl (C=O) groups excluding carboxylic acids is 1. The fourth-order valence-corrected chi connectivity index (χ4v) is 2.37. The molecule has 0 unspecified atom stereocenters. The van der Waals surface area contributed by atoms with Gasteiger partial charge in [-0.05, 0) is 48.6 Å². The van der Waals surface area contributed by atoms with Crippen LogP contribution in [-0.4, -0.2) is 19.4 Å². The Morgan fingerprint density at radius 1 is 1.33 bits per heavy atom. The lowest BCUT2D eigenvalue weighted by Crippen LogP contribution is -2.00. The summed E-state index contributed by atoms with van der Waals surface area (Å²) in [6.07, 6.45) is 3.37. The summed E-state index contributed by atoms with van der Waals surface area (Å²) in [5.41, 5.74) is 3.30. The predicted octanol–water partition coefficient (Wildman–Crippen LogP) is 2.31. The van der Waals surface area contributed by atoms with Gasteiger partial charge in [0.1, 0.15) is 0 Å². The van der Waals surface area contributed by atoms with E-state index < -0.39 is 0 Å². The van der Waals surface area contributed by atoms with Gasteiger partial charge in [0.05, 0.1) is 6.61 Å². The predicted molar refractivity (Wildman–Crippen MR) is 65.5 cm³/mol. The summed E-state index contributed by atoms with van der Waals surface area (Å²) >= 11 is 0. The van der Waals surface area contributed by atoms with Gasteiger partial charge in [-0.15, -0.1) is 0 Å².